The van der Waals surface area contributed by atoms with Gasteiger partial charge in [0.15, 0.2) is 0 Å². The van der Waals surface area contributed by atoms with Crippen LogP contribution in [0.2, 0.25) is 0 Å². The monoisotopic (exact) mass is 466 g/mol. The fourth-order valence-corrected chi connectivity index (χ4v) is 6.39. The lowest BCUT2D eigenvalue weighted by molar-refractivity contribution is -0.135. The van der Waals surface area contributed by atoms with Gasteiger partial charge in [0.25, 0.3) is 11.8 Å². The number of benzene rings is 1. The van der Waals surface area contributed by atoms with Crippen molar-refractivity contribution in [1.82, 2.24) is 20.4 Å². The molecule has 4 fully saturated rings. The molecule has 2 N–H and O–H groups in total. The summed E-state index contributed by atoms with van der Waals surface area (Å²) in [6, 6.07) is 6.81. The number of carbonyl (C=O) groups excluding carboxylic acids is 4. The van der Waals surface area contributed by atoms with E-state index in [4.69, 9.17) is 0 Å². The maximum atomic E-state index is 13.2. The van der Waals surface area contributed by atoms with Crippen molar-refractivity contribution in [3.05, 3.63) is 35.4 Å². The van der Waals surface area contributed by atoms with Gasteiger partial charge in [-0.3, -0.25) is 19.4 Å². The van der Waals surface area contributed by atoms with Crippen LogP contribution in [0.15, 0.2) is 24.3 Å². The van der Waals surface area contributed by atoms with Gasteiger partial charge in [0.2, 0.25) is 0 Å². The highest BCUT2D eigenvalue weighted by Crippen LogP contribution is 2.40. The number of urea groups is 2. The third kappa shape index (κ3) is 3.49. The van der Waals surface area contributed by atoms with E-state index in [-0.39, 0.29) is 48.8 Å². The standard InChI is InChI=1S/C26H34N4O4/c1-17-7-3-5-13-25(17)21(31)29(23(33)27-25)15-19-9-11-20(12-10-19)16-30-22(32)26(28-24(30)34)14-6-4-8-18(26)2/h9-12,17-18H,3-8,13-16H2,1-2H3,(H,27,33)(H,28,34)/t17-,18+,25-,26-/m0/s1. The first-order valence-corrected chi connectivity index (χ1v) is 12.6. The predicted octanol–water partition coefficient (Wildman–Crippen LogP) is 3.69. The first kappa shape index (κ1) is 22.9. The highest BCUT2D eigenvalue weighted by atomic mass is 16.2. The van der Waals surface area contributed by atoms with Crippen molar-refractivity contribution >= 4 is 23.9 Å². The van der Waals surface area contributed by atoms with Crippen LogP contribution in [0.1, 0.15) is 76.3 Å². The van der Waals surface area contributed by atoms with Crippen molar-refractivity contribution in [2.24, 2.45) is 11.8 Å². The molecule has 8 nitrogen and oxygen atoms in total. The molecule has 5 rings (SSSR count). The van der Waals surface area contributed by atoms with Crippen molar-refractivity contribution in [3.63, 3.8) is 0 Å². The fourth-order valence-electron chi connectivity index (χ4n) is 6.39. The predicted molar refractivity (Wildman–Crippen MR) is 125 cm³/mol. The van der Waals surface area contributed by atoms with E-state index in [9.17, 15) is 19.2 Å². The van der Waals surface area contributed by atoms with Crippen LogP contribution in [0, 0.1) is 11.8 Å². The van der Waals surface area contributed by atoms with Crippen LogP contribution in [-0.4, -0.2) is 44.8 Å². The molecule has 4 atom stereocenters. The number of hydrogen-bond donors (Lipinski definition) is 2. The Morgan fingerprint density at radius 1 is 0.706 bits per heavy atom. The summed E-state index contributed by atoms with van der Waals surface area (Å²) >= 11 is 0. The molecule has 2 spiro atoms. The zero-order valence-electron chi connectivity index (χ0n) is 20.1. The minimum Gasteiger partial charge on any atom is -0.323 e. The SMILES string of the molecule is C[C@@H]1CCCC[C@]12NC(=O)N(Cc1ccc(CN3C(=O)N[C@]4(CCCC[C@@H]4C)C3=O)cc1)C2=O. The van der Waals surface area contributed by atoms with E-state index in [1.54, 1.807) is 0 Å². The largest absolute Gasteiger partial charge is 0.325 e. The summed E-state index contributed by atoms with van der Waals surface area (Å²) in [5.74, 6) is 0.00816. The molecule has 0 radical (unpaired) electrons. The topological polar surface area (TPSA) is 98.8 Å². The molecule has 34 heavy (non-hydrogen) atoms. The zero-order valence-corrected chi connectivity index (χ0v) is 20.1. The van der Waals surface area contributed by atoms with Crippen LogP contribution in [0.3, 0.4) is 0 Å². The summed E-state index contributed by atoms with van der Waals surface area (Å²) in [6.45, 7) is 4.51. The maximum Gasteiger partial charge on any atom is 0.325 e. The Balaban J connectivity index is 1.26. The van der Waals surface area contributed by atoms with Crippen LogP contribution in [-0.2, 0) is 22.7 Å². The molecular formula is C26H34N4O4. The van der Waals surface area contributed by atoms with E-state index in [0.717, 1.165) is 49.7 Å². The Hall–Kier alpha value is -2.90. The normalized spacial score (nSPS) is 33.7. The molecule has 8 heteroatoms. The van der Waals surface area contributed by atoms with E-state index < -0.39 is 11.1 Å². The Morgan fingerprint density at radius 2 is 1.09 bits per heavy atom. The molecule has 0 aromatic heterocycles. The lowest BCUT2D eigenvalue weighted by Crippen LogP contribution is -2.53. The van der Waals surface area contributed by atoms with Crippen LogP contribution in [0.4, 0.5) is 9.59 Å². The molecule has 4 aliphatic rings. The number of amides is 6. The van der Waals surface area contributed by atoms with Crippen LogP contribution < -0.4 is 10.6 Å². The van der Waals surface area contributed by atoms with Crippen LogP contribution in [0.5, 0.6) is 0 Å². The van der Waals surface area contributed by atoms with Crippen LogP contribution >= 0.6 is 0 Å². The molecule has 6 amide bonds. The molecule has 182 valence electrons. The minimum absolute atomic E-state index is 0.125. The van der Waals surface area contributed by atoms with Gasteiger partial charge in [0.05, 0.1) is 13.1 Å². The second-order valence-electron chi connectivity index (χ2n) is 10.7. The Labute approximate surface area is 200 Å². The molecule has 2 aliphatic heterocycles. The third-order valence-corrected chi connectivity index (χ3v) is 8.71. The molecule has 0 unspecified atom stereocenters. The first-order chi connectivity index (χ1) is 16.3. The Kier molecular flexibility index (Phi) is 5.65. The van der Waals surface area contributed by atoms with Gasteiger partial charge in [-0.05, 0) is 48.6 Å². The van der Waals surface area contributed by atoms with Gasteiger partial charge in [-0.1, -0.05) is 63.8 Å². The minimum atomic E-state index is -0.759. The summed E-state index contributed by atoms with van der Waals surface area (Å²) in [5, 5.41) is 5.98. The number of hydrogen-bond acceptors (Lipinski definition) is 4. The van der Waals surface area contributed by atoms with Crippen LogP contribution in [0.25, 0.3) is 0 Å². The van der Waals surface area contributed by atoms with Gasteiger partial charge in [0, 0.05) is 0 Å². The zero-order chi connectivity index (χ0) is 24.1. The van der Waals surface area contributed by atoms with Crippen molar-refractivity contribution in [2.75, 3.05) is 0 Å². The average molecular weight is 467 g/mol. The third-order valence-electron chi connectivity index (χ3n) is 8.71. The van der Waals surface area contributed by atoms with E-state index in [0.29, 0.717) is 12.8 Å². The van der Waals surface area contributed by atoms with Crippen molar-refractivity contribution in [3.8, 4) is 0 Å². The molecule has 2 aliphatic carbocycles. The summed E-state index contributed by atoms with van der Waals surface area (Å²) in [7, 11) is 0. The lowest BCUT2D eigenvalue weighted by Gasteiger charge is -2.36. The molecule has 2 saturated carbocycles. The smallest absolute Gasteiger partial charge is 0.323 e. The number of carbonyl (C=O) groups is 4. The Bertz CT molecular complexity index is 943. The molecule has 1 aromatic carbocycles. The maximum absolute atomic E-state index is 13.2. The number of imide groups is 2. The quantitative estimate of drug-likeness (QED) is 0.661. The van der Waals surface area contributed by atoms with Crippen molar-refractivity contribution in [2.45, 2.75) is 89.4 Å². The summed E-state index contributed by atoms with van der Waals surface area (Å²) in [5.41, 5.74) is 0.153. The summed E-state index contributed by atoms with van der Waals surface area (Å²) < 4.78 is 0. The Morgan fingerprint density at radius 3 is 1.44 bits per heavy atom. The second-order valence-corrected chi connectivity index (χ2v) is 10.7. The van der Waals surface area contributed by atoms with Gasteiger partial charge < -0.3 is 10.6 Å². The molecule has 1 aromatic rings. The van der Waals surface area contributed by atoms with E-state index in [2.05, 4.69) is 10.6 Å². The van der Waals surface area contributed by atoms with E-state index in [1.807, 2.05) is 38.1 Å². The number of nitrogens with zero attached hydrogens (tertiary/aromatic N) is 2. The highest BCUT2D eigenvalue weighted by Gasteiger charge is 2.55. The van der Waals surface area contributed by atoms with Crippen molar-refractivity contribution in [1.29, 1.82) is 0 Å². The number of rotatable bonds is 4. The van der Waals surface area contributed by atoms with Gasteiger partial charge in [-0.2, -0.15) is 0 Å². The highest BCUT2D eigenvalue weighted by molar-refractivity contribution is 6.08. The second kappa shape index (κ2) is 8.40. The fraction of sp³-hybridized carbons (Fsp3) is 0.615. The summed E-state index contributed by atoms with van der Waals surface area (Å²) in [4.78, 5) is 54.4. The van der Waals surface area contributed by atoms with Gasteiger partial charge in [-0.25, -0.2) is 9.59 Å². The summed E-state index contributed by atoms with van der Waals surface area (Å²) in [6.07, 6.45) is 7.34. The molecule has 2 saturated heterocycles. The lowest BCUT2D eigenvalue weighted by atomic mass is 9.73. The van der Waals surface area contributed by atoms with Gasteiger partial charge >= 0.3 is 12.1 Å². The van der Waals surface area contributed by atoms with E-state index >= 15 is 0 Å². The number of nitrogens with one attached hydrogen (secondary N) is 2. The van der Waals surface area contributed by atoms with Gasteiger partial charge in [0.1, 0.15) is 11.1 Å². The first-order valence-electron chi connectivity index (χ1n) is 12.6. The molecular weight excluding hydrogens is 432 g/mol. The van der Waals surface area contributed by atoms with Crippen molar-refractivity contribution < 1.29 is 19.2 Å². The molecule has 2 heterocycles. The van der Waals surface area contributed by atoms with E-state index in [1.165, 1.54) is 9.80 Å². The van der Waals surface area contributed by atoms with Gasteiger partial charge in [-0.15, -0.1) is 0 Å². The molecule has 0 bridgehead atoms. The average Bonchev–Trinajstić information content (AvgIpc) is 3.20.